The molecule has 0 spiro atoms. The predicted molar refractivity (Wildman–Crippen MR) is 92.6 cm³/mol. The first-order valence-corrected chi connectivity index (χ1v) is 8.63. The topological polar surface area (TPSA) is 41.9 Å². The molecule has 0 unspecified atom stereocenters. The fraction of sp³-hybridized carbons (Fsp3) is 0.176. The molecule has 1 heterocycles. The minimum absolute atomic E-state index is 0.189. The Bertz CT molecular complexity index is 761. The van der Waals surface area contributed by atoms with Crippen molar-refractivity contribution in [2.75, 3.05) is 6.26 Å². The van der Waals surface area contributed by atoms with Crippen LogP contribution in [0.2, 0.25) is 5.02 Å². The lowest BCUT2D eigenvalue weighted by Crippen LogP contribution is -2.25. The molecule has 2 aromatic carbocycles. The molecule has 0 N–H and O–H groups in total. The van der Waals surface area contributed by atoms with Crippen LogP contribution in [0.3, 0.4) is 0 Å². The average molecular weight is 347 g/mol. The van der Waals surface area contributed by atoms with Gasteiger partial charge in [-0.15, -0.1) is 16.9 Å². The molecule has 1 amide bonds. The third-order valence-electron chi connectivity index (χ3n) is 3.44. The van der Waals surface area contributed by atoms with Gasteiger partial charge in [-0.25, -0.2) is 0 Å². The van der Waals surface area contributed by atoms with E-state index in [9.17, 15) is 4.79 Å². The zero-order valence-electron chi connectivity index (χ0n) is 12.7. The van der Waals surface area contributed by atoms with Gasteiger partial charge < -0.3 is 4.74 Å². The number of thioether (sulfide) groups is 1. The molecule has 118 valence electrons. The maximum absolute atomic E-state index is 11.9. The standard InChI is InChI=1S/C17H15ClN2O2S/c1-11(21)20-17(13-4-3-5-14(18)10-13)22-16(19-20)12-6-8-15(23-2)9-7-12/h3-10,17H,1-2H3/t17-/m1/s1. The molecule has 4 nitrogen and oxygen atoms in total. The Morgan fingerprint density at radius 3 is 2.61 bits per heavy atom. The van der Waals surface area contributed by atoms with Crippen LogP contribution in [0.4, 0.5) is 0 Å². The second kappa shape index (κ2) is 6.64. The highest BCUT2D eigenvalue weighted by Crippen LogP contribution is 2.31. The van der Waals surface area contributed by atoms with Crippen molar-refractivity contribution in [1.29, 1.82) is 0 Å². The van der Waals surface area contributed by atoms with Gasteiger partial charge in [0.05, 0.1) is 0 Å². The lowest BCUT2D eigenvalue weighted by Gasteiger charge is -2.19. The molecule has 3 rings (SSSR count). The Hall–Kier alpha value is -1.98. The number of nitrogens with zero attached hydrogens (tertiary/aromatic N) is 2. The Morgan fingerprint density at radius 2 is 2.00 bits per heavy atom. The van der Waals surface area contributed by atoms with E-state index in [1.54, 1.807) is 23.9 Å². The smallest absolute Gasteiger partial charge is 0.243 e. The molecule has 6 heteroatoms. The van der Waals surface area contributed by atoms with E-state index in [2.05, 4.69) is 5.10 Å². The van der Waals surface area contributed by atoms with Gasteiger partial charge in [0.25, 0.3) is 0 Å². The number of halogens is 1. The van der Waals surface area contributed by atoms with Crippen LogP contribution in [-0.4, -0.2) is 23.1 Å². The normalized spacial score (nSPS) is 16.9. The van der Waals surface area contributed by atoms with Crippen molar-refractivity contribution in [2.24, 2.45) is 5.10 Å². The molecule has 2 aromatic rings. The first kappa shape index (κ1) is 15.9. The number of carbonyl (C=O) groups excluding carboxylic acids is 1. The summed E-state index contributed by atoms with van der Waals surface area (Å²) < 4.78 is 5.93. The molecule has 0 saturated heterocycles. The van der Waals surface area contributed by atoms with E-state index in [0.29, 0.717) is 10.9 Å². The number of hydrogen-bond acceptors (Lipinski definition) is 4. The summed E-state index contributed by atoms with van der Waals surface area (Å²) in [7, 11) is 0. The SMILES string of the molecule is CSc1ccc(C2=NN(C(C)=O)[C@@H](c3cccc(Cl)c3)O2)cc1. The highest BCUT2D eigenvalue weighted by atomic mass is 35.5. The van der Waals surface area contributed by atoms with Crippen LogP contribution in [0, 0.1) is 0 Å². The second-order valence-corrected chi connectivity index (χ2v) is 6.34. The minimum atomic E-state index is -0.596. The Morgan fingerprint density at radius 1 is 1.26 bits per heavy atom. The van der Waals surface area contributed by atoms with Gasteiger partial charge in [0.15, 0.2) is 0 Å². The quantitative estimate of drug-likeness (QED) is 0.778. The van der Waals surface area contributed by atoms with Crippen LogP contribution in [0.5, 0.6) is 0 Å². The highest BCUT2D eigenvalue weighted by molar-refractivity contribution is 7.98. The monoisotopic (exact) mass is 346 g/mol. The Balaban J connectivity index is 1.91. The molecule has 0 radical (unpaired) electrons. The fourth-order valence-electron chi connectivity index (χ4n) is 2.29. The lowest BCUT2D eigenvalue weighted by molar-refractivity contribution is -0.135. The molecular formula is C17H15ClN2O2S. The van der Waals surface area contributed by atoms with Gasteiger partial charge in [-0.05, 0) is 42.7 Å². The molecule has 23 heavy (non-hydrogen) atoms. The molecule has 1 aliphatic heterocycles. The van der Waals surface area contributed by atoms with E-state index in [1.165, 1.54) is 11.9 Å². The predicted octanol–water partition coefficient (Wildman–Crippen LogP) is 4.30. The number of hydrogen-bond donors (Lipinski definition) is 0. The first-order chi connectivity index (χ1) is 11.1. The molecule has 0 saturated carbocycles. The third kappa shape index (κ3) is 3.35. The van der Waals surface area contributed by atoms with Crippen molar-refractivity contribution < 1.29 is 9.53 Å². The van der Waals surface area contributed by atoms with Gasteiger partial charge in [0.1, 0.15) is 0 Å². The summed E-state index contributed by atoms with van der Waals surface area (Å²) in [6.07, 6.45) is 1.42. The van der Waals surface area contributed by atoms with Crippen molar-refractivity contribution >= 4 is 35.2 Å². The van der Waals surface area contributed by atoms with Gasteiger partial charge in [0.2, 0.25) is 18.0 Å². The van der Waals surface area contributed by atoms with Crippen LogP contribution in [0.25, 0.3) is 0 Å². The summed E-state index contributed by atoms with van der Waals surface area (Å²) in [5.41, 5.74) is 1.62. The summed E-state index contributed by atoms with van der Waals surface area (Å²) in [5, 5.41) is 6.26. The van der Waals surface area contributed by atoms with Crippen molar-refractivity contribution in [1.82, 2.24) is 5.01 Å². The van der Waals surface area contributed by atoms with Crippen LogP contribution >= 0.6 is 23.4 Å². The fourth-order valence-corrected chi connectivity index (χ4v) is 2.90. The van der Waals surface area contributed by atoms with Gasteiger partial charge in [-0.1, -0.05) is 23.7 Å². The molecule has 0 aliphatic carbocycles. The van der Waals surface area contributed by atoms with Crippen LogP contribution in [0.1, 0.15) is 24.3 Å². The second-order valence-electron chi connectivity index (χ2n) is 5.02. The number of amides is 1. The molecule has 0 bridgehead atoms. The molecule has 0 aromatic heterocycles. The van der Waals surface area contributed by atoms with Gasteiger partial charge in [-0.3, -0.25) is 4.79 Å². The number of hydrazone groups is 1. The summed E-state index contributed by atoms with van der Waals surface area (Å²) >= 11 is 7.70. The van der Waals surface area contributed by atoms with Crippen molar-refractivity contribution in [3.8, 4) is 0 Å². The van der Waals surface area contributed by atoms with Crippen molar-refractivity contribution in [2.45, 2.75) is 18.0 Å². The van der Waals surface area contributed by atoms with Crippen LogP contribution < -0.4 is 0 Å². The summed E-state index contributed by atoms with van der Waals surface area (Å²) in [4.78, 5) is 13.0. The van der Waals surface area contributed by atoms with Crippen LogP contribution in [0.15, 0.2) is 58.5 Å². The largest absolute Gasteiger partial charge is 0.446 e. The zero-order valence-corrected chi connectivity index (χ0v) is 14.3. The number of benzene rings is 2. The van der Waals surface area contributed by atoms with E-state index < -0.39 is 6.23 Å². The minimum Gasteiger partial charge on any atom is -0.446 e. The Labute approximate surface area is 144 Å². The molecule has 1 atom stereocenters. The number of carbonyl (C=O) groups is 1. The van der Waals surface area contributed by atoms with Crippen molar-refractivity contribution in [3.63, 3.8) is 0 Å². The highest BCUT2D eigenvalue weighted by Gasteiger charge is 2.33. The van der Waals surface area contributed by atoms with E-state index in [4.69, 9.17) is 16.3 Å². The van der Waals surface area contributed by atoms with E-state index in [0.717, 1.165) is 16.0 Å². The zero-order chi connectivity index (χ0) is 16.4. The molecule has 0 fully saturated rings. The van der Waals surface area contributed by atoms with E-state index in [-0.39, 0.29) is 5.91 Å². The van der Waals surface area contributed by atoms with E-state index in [1.807, 2.05) is 42.7 Å². The summed E-state index contributed by atoms with van der Waals surface area (Å²) in [5.74, 6) is 0.239. The summed E-state index contributed by atoms with van der Waals surface area (Å²) in [6, 6.07) is 15.1. The maximum Gasteiger partial charge on any atom is 0.243 e. The maximum atomic E-state index is 11.9. The lowest BCUT2D eigenvalue weighted by atomic mass is 10.2. The van der Waals surface area contributed by atoms with E-state index >= 15 is 0 Å². The van der Waals surface area contributed by atoms with Crippen molar-refractivity contribution in [3.05, 3.63) is 64.7 Å². The van der Waals surface area contributed by atoms with Gasteiger partial charge in [0, 0.05) is 28.0 Å². The number of ether oxygens (including phenoxy) is 1. The first-order valence-electron chi connectivity index (χ1n) is 7.03. The third-order valence-corrected chi connectivity index (χ3v) is 4.42. The van der Waals surface area contributed by atoms with Crippen LogP contribution in [-0.2, 0) is 9.53 Å². The summed E-state index contributed by atoms with van der Waals surface area (Å²) in [6.45, 7) is 1.46. The number of rotatable bonds is 3. The van der Waals surface area contributed by atoms with Gasteiger partial charge >= 0.3 is 0 Å². The van der Waals surface area contributed by atoms with Gasteiger partial charge in [-0.2, -0.15) is 5.01 Å². The Kier molecular flexibility index (Phi) is 4.59. The molecular weight excluding hydrogens is 332 g/mol. The average Bonchev–Trinajstić information content (AvgIpc) is 3.00. The molecule has 1 aliphatic rings.